The zero-order valence-electron chi connectivity index (χ0n) is 16.9. The highest BCUT2D eigenvalue weighted by atomic mass is 32.1. The van der Waals surface area contributed by atoms with E-state index in [0.29, 0.717) is 17.2 Å². The molecule has 150 valence electrons. The van der Waals surface area contributed by atoms with E-state index >= 15 is 0 Å². The maximum Gasteiger partial charge on any atom is 0.216 e. The molecule has 1 N–H and O–H groups in total. The Morgan fingerprint density at radius 1 is 0.933 bits per heavy atom. The molecule has 0 atom stereocenters. The van der Waals surface area contributed by atoms with Crippen LogP contribution in [0.4, 0.5) is 0 Å². The van der Waals surface area contributed by atoms with Crippen molar-refractivity contribution in [2.45, 2.75) is 20.5 Å². The van der Waals surface area contributed by atoms with Crippen molar-refractivity contribution < 1.29 is 4.74 Å². The van der Waals surface area contributed by atoms with Gasteiger partial charge in [0.25, 0.3) is 0 Å². The molecule has 0 saturated heterocycles. The number of nitrogens with zero attached hydrogens (tertiary/aromatic N) is 3. The van der Waals surface area contributed by atoms with E-state index < -0.39 is 0 Å². The molecule has 0 amide bonds. The Labute approximate surface area is 180 Å². The smallest absolute Gasteiger partial charge is 0.216 e. The van der Waals surface area contributed by atoms with Gasteiger partial charge in [-0.3, -0.25) is 0 Å². The fraction of sp³-hybridized carbons (Fsp3) is 0.125. The molecule has 4 rings (SSSR count). The Hall–Kier alpha value is -3.51. The average Bonchev–Trinajstić information content (AvgIpc) is 3.13. The average molecular weight is 415 g/mol. The van der Waals surface area contributed by atoms with E-state index in [4.69, 9.17) is 17.0 Å². The number of rotatable bonds is 6. The van der Waals surface area contributed by atoms with Crippen molar-refractivity contribution in [2.24, 2.45) is 5.10 Å². The van der Waals surface area contributed by atoms with E-state index in [0.717, 1.165) is 22.4 Å². The second-order valence-electron chi connectivity index (χ2n) is 7.12. The highest BCUT2D eigenvalue weighted by Crippen LogP contribution is 2.18. The van der Waals surface area contributed by atoms with E-state index in [1.165, 1.54) is 11.1 Å². The monoisotopic (exact) mass is 414 g/mol. The van der Waals surface area contributed by atoms with Gasteiger partial charge in [0.2, 0.25) is 4.77 Å². The van der Waals surface area contributed by atoms with E-state index in [-0.39, 0.29) is 0 Å². The minimum Gasteiger partial charge on any atom is -0.489 e. The largest absolute Gasteiger partial charge is 0.489 e. The van der Waals surface area contributed by atoms with Crippen molar-refractivity contribution in [3.63, 3.8) is 0 Å². The van der Waals surface area contributed by atoms with Gasteiger partial charge in [-0.05, 0) is 61.5 Å². The second kappa shape index (κ2) is 8.88. The number of H-pyrrole nitrogens is 1. The Kier molecular flexibility index (Phi) is 5.86. The molecule has 5 nitrogen and oxygen atoms in total. The van der Waals surface area contributed by atoms with Gasteiger partial charge in [-0.25, -0.2) is 5.10 Å². The molecule has 0 aliphatic carbocycles. The molecule has 0 aliphatic heterocycles. The van der Waals surface area contributed by atoms with Crippen molar-refractivity contribution in [3.05, 3.63) is 99.8 Å². The van der Waals surface area contributed by atoms with Crippen molar-refractivity contribution in [2.75, 3.05) is 0 Å². The molecule has 6 heteroatoms. The summed E-state index contributed by atoms with van der Waals surface area (Å²) in [6.45, 7) is 4.66. The Morgan fingerprint density at radius 3 is 2.23 bits per heavy atom. The normalized spacial score (nSPS) is 11.1. The molecule has 0 saturated carbocycles. The Bertz CT molecular complexity index is 1200. The number of aromatic amines is 1. The molecule has 0 unspecified atom stereocenters. The SMILES string of the molecule is Cc1ccc(COc2ccc(/C=N/n3c(-c4ccc(C)cc4)n[nH]c3=S)cc2)cc1. The van der Waals surface area contributed by atoms with Gasteiger partial charge in [0.15, 0.2) is 5.82 Å². The molecule has 30 heavy (non-hydrogen) atoms. The van der Waals surface area contributed by atoms with E-state index in [1.54, 1.807) is 10.9 Å². The maximum absolute atomic E-state index is 5.86. The number of hydrogen-bond acceptors (Lipinski definition) is 4. The van der Waals surface area contributed by atoms with Gasteiger partial charge in [0.1, 0.15) is 12.4 Å². The first-order valence-electron chi connectivity index (χ1n) is 9.66. The molecule has 0 radical (unpaired) electrons. The molecule has 0 bridgehead atoms. The van der Waals surface area contributed by atoms with E-state index in [1.807, 2.05) is 55.5 Å². The summed E-state index contributed by atoms with van der Waals surface area (Å²) >= 11 is 5.33. The standard InChI is InChI=1S/C24H22N4OS/c1-17-3-7-20(8-4-17)16-29-22-13-9-19(10-14-22)15-25-28-23(26-27-24(28)30)21-11-5-18(2)6-12-21/h3-15H,16H2,1-2H3,(H,27,30)/b25-15+. The first-order chi connectivity index (χ1) is 14.6. The molecular weight excluding hydrogens is 392 g/mol. The van der Waals surface area contributed by atoms with E-state index in [9.17, 15) is 0 Å². The summed E-state index contributed by atoms with van der Waals surface area (Å²) in [6.07, 6.45) is 1.76. The summed E-state index contributed by atoms with van der Waals surface area (Å²) in [5, 5.41) is 11.6. The van der Waals surface area contributed by atoms with Gasteiger partial charge in [-0.1, -0.05) is 59.7 Å². The van der Waals surface area contributed by atoms with Gasteiger partial charge in [-0.2, -0.15) is 14.9 Å². The quantitative estimate of drug-likeness (QED) is 0.326. The summed E-state index contributed by atoms with van der Waals surface area (Å²) in [6, 6.07) is 24.2. The molecule has 0 fully saturated rings. The third kappa shape index (κ3) is 4.72. The van der Waals surface area contributed by atoms with Crippen LogP contribution in [0.5, 0.6) is 5.75 Å². The topological polar surface area (TPSA) is 55.2 Å². The van der Waals surface area contributed by atoms with Crippen LogP contribution in [0, 0.1) is 18.6 Å². The minimum atomic E-state index is 0.444. The lowest BCUT2D eigenvalue weighted by molar-refractivity contribution is 0.306. The van der Waals surface area contributed by atoms with Gasteiger partial charge >= 0.3 is 0 Å². The van der Waals surface area contributed by atoms with Crippen molar-refractivity contribution >= 4 is 18.4 Å². The number of aromatic nitrogens is 3. The lowest BCUT2D eigenvalue weighted by atomic mass is 10.1. The Balaban J connectivity index is 1.46. The van der Waals surface area contributed by atoms with Crippen molar-refractivity contribution in [3.8, 4) is 17.1 Å². The van der Waals surface area contributed by atoms with Crippen LogP contribution in [0.1, 0.15) is 22.3 Å². The number of nitrogens with one attached hydrogen (secondary N) is 1. The zero-order chi connectivity index (χ0) is 20.9. The van der Waals surface area contributed by atoms with Gasteiger partial charge < -0.3 is 4.74 Å². The van der Waals surface area contributed by atoms with Crippen LogP contribution in [0.25, 0.3) is 11.4 Å². The summed E-state index contributed by atoms with van der Waals surface area (Å²) in [5.41, 5.74) is 5.46. The summed E-state index contributed by atoms with van der Waals surface area (Å²) < 4.78 is 7.93. The zero-order valence-corrected chi connectivity index (χ0v) is 17.7. The number of aryl methyl sites for hydroxylation is 2. The predicted molar refractivity (Wildman–Crippen MR) is 123 cm³/mol. The fourth-order valence-electron chi connectivity index (χ4n) is 2.91. The molecular formula is C24H22N4OS. The Morgan fingerprint density at radius 2 is 1.57 bits per heavy atom. The number of ether oxygens (including phenoxy) is 1. The third-order valence-electron chi connectivity index (χ3n) is 4.69. The minimum absolute atomic E-state index is 0.444. The lowest BCUT2D eigenvalue weighted by Gasteiger charge is -2.07. The lowest BCUT2D eigenvalue weighted by Crippen LogP contribution is -1.96. The van der Waals surface area contributed by atoms with Crippen LogP contribution in [0.15, 0.2) is 77.9 Å². The molecule has 3 aromatic carbocycles. The van der Waals surface area contributed by atoms with Crippen molar-refractivity contribution in [1.82, 2.24) is 14.9 Å². The fourth-order valence-corrected chi connectivity index (χ4v) is 3.09. The molecule has 0 aliphatic rings. The van der Waals surface area contributed by atoms with Gasteiger partial charge in [-0.15, -0.1) is 0 Å². The van der Waals surface area contributed by atoms with E-state index in [2.05, 4.69) is 46.5 Å². The van der Waals surface area contributed by atoms with Crippen LogP contribution in [0.2, 0.25) is 0 Å². The maximum atomic E-state index is 5.86. The van der Waals surface area contributed by atoms with Crippen molar-refractivity contribution in [1.29, 1.82) is 0 Å². The number of hydrogen-bond donors (Lipinski definition) is 1. The summed E-state index contributed by atoms with van der Waals surface area (Å²) in [7, 11) is 0. The molecule has 1 aromatic heterocycles. The van der Waals surface area contributed by atoms with Gasteiger partial charge in [0.05, 0.1) is 6.21 Å². The second-order valence-corrected chi connectivity index (χ2v) is 7.50. The highest BCUT2D eigenvalue weighted by Gasteiger charge is 2.07. The predicted octanol–water partition coefficient (Wildman–Crippen LogP) is 5.69. The van der Waals surface area contributed by atoms with Crippen LogP contribution in [-0.2, 0) is 6.61 Å². The van der Waals surface area contributed by atoms with Crippen LogP contribution < -0.4 is 4.74 Å². The van der Waals surface area contributed by atoms with Gasteiger partial charge in [0, 0.05) is 5.56 Å². The molecule has 1 heterocycles. The first kappa shape index (κ1) is 19.8. The highest BCUT2D eigenvalue weighted by molar-refractivity contribution is 7.71. The van der Waals surface area contributed by atoms with Crippen LogP contribution in [-0.4, -0.2) is 21.1 Å². The van der Waals surface area contributed by atoms with Crippen LogP contribution in [0.3, 0.4) is 0 Å². The third-order valence-corrected chi connectivity index (χ3v) is 4.95. The summed E-state index contributed by atoms with van der Waals surface area (Å²) in [5.74, 6) is 1.49. The first-order valence-corrected chi connectivity index (χ1v) is 10.1. The number of benzene rings is 3. The van der Waals surface area contributed by atoms with Crippen LogP contribution >= 0.6 is 12.2 Å². The molecule has 0 spiro atoms. The summed E-state index contributed by atoms with van der Waals surface area (Å²) in [4.78, 5) is 0. The molecule has 4 aromatic rings.